The van der Waals surface area contributed by atoms with E-state index in [2.05, 4.69) is 32.6 Å². The maximum absolute atomic E-state index is 12.1. The van der Waals surface area contributed by atoms with Gasteiger partial charge < -0.3 is 9.47 Å². The lowest BCUT2D eigenvalue weighted by molar-refractivity contribution is -0.145. The lowest BCUT2D eigenvalue weighted by Gasteiger charge is -2.23. The summed E-state index contributed by atoms with van der Waals surface area (Å²) in [5, 5.41) is 0. The van der Waals surface area contributed by atoms with E-state index < -0.39 is 0 Å². The Morgan fingerprint density at radius 2 is 1.81 bits per heavy atom. The average Bonchev–Trinajstić information content (AvgIpc) is 2.80. The zero-order valence-electron chi connectivity index (χ0n) is 16.3. The minimum atomic E-state index is -0.368. The summed E-state index contributed by atoms with van der Waals surface area (Å²) in [7, 11) is 0. The molecule has 1 fully saturated rings. The number of carbonyl (C=O) groups is 2. The minimum absolute atomic E-state index is 0.176. The van der Waals surface area contributed by atoms with Gasteiger partial charge in [0.25, 0.3) is 0 Å². The van der Waals surface area contributed by atoms with Crippen molar-refractivity contribution in [2.75, 3.05) is 0 Å². The second-order valence-corrected chi connectivity index (χ2v) is 7.42. The van der Waals surface area contributed by atoms with Crippen LogP contribution in [0.25, 0.3) is 0 Å². The van der Waals surface area contributed by atoms with E-state index in [1.165, 1.54) is 18.1 Å². The number of ether oxygens (including phenoxy) is 2. The van der Waals surface area contributed by atoms with Crippen LogP contribution in [-0.4, -0.2) is 24.1 Å². The molecule has 142 valence electrons. The molecule has 0 spiro atoms. The molecule has 1 aliphatic carbocycles. The highest BCUT2D eigenvalue weighted by atomic mass is 16.6. The topological polar surface area (TPSA) is 52.6 Å². The molecule has 3 atom stereocenters. The van der Waals surface area contributed by atoms with Gasteiger partial charge in [-0.1, -0.05) is 29.9 Å². The Labute approximate surface area is 156 Å². The Bertz CT molecular complexity index is 666. The molecule has 0 N–H and O–H groups in total. The quantitative estimate of drug-likeness (QED) is 0.383. The summed E-state index contributed by atoms with van der Waals surface area (Å²) in [6.45, 7) is 11.5. The van der Waals surface area contributed by atoms with Crippen LogP contribution in [0.5, 0.6) is 0 Å². The SMILES string of the molecule is C=C1C(=O)OC2C=C(C)CCC=C(C)CCC=C(C)C(OC(C)=O)CC12. The fourth-order valence-corrected chi connectivity index (χ4v) is 3.49. The highest BCUT2D eigenvalue weighted by Crippen LogP contribution is 2.34. The summed E-state index contributed by atoms with van der Waals surface area (Å²) in [6.07, 6.45) is 10.1. The molecule has 0 aromatic carbocycles. The largest absolute Gasteiger partial charge is 0.458 e. The van der Waals surface area contributed by atoms with E-state index in [9.17, 15) is 9.59 Å². The van der Waals surface area contributed by atoms with Gasteiger partial charge in [0.2, 0.25) is 0 Å². The predicted octanol–water partition coefficient (Wildman–Crippen LogP) is 4.82. The van der Waals surface area contributed by atoms with E-state index >= 15 is 0 Å². The standard InChI is InChI=1S/C22H30O4/c1-14-8-6-10-15(2)12-21-19(17(4)22(24)26-21)13-20(25-18(5)23)16(3)11-7-9-14/h8,11-12,19-21H,4,6-7,9-10,13H2,1-3,5H3. The van der Waals surface area contributed by atoms with Crippen molar-refractivity contribution in [3.8, 4) is 0 Å². The molecule has 0 aromatic rings. The molecular formula is C22H30O4. The van der Waals surface area contributed by atoms with Crippen molar-refractivity contribution < 1.29 is 19.1 Å². The van der Waals surface area contributed by atoms with Crippen molar-refractivity contribution in [2.24, 2.45) is 5.92 Å². The van der Waals surface area contributed by atoms with Gasteiger partial charge in [-0.15, -0.1) is 0 Å². The maximum Gasteiger partial charge on any atom is 0.334 e. The fraction of sp³-hybridized carbons (Fsp3) is 0.545. The van der Waals surface area contributed by atoms with Crippen LogP contribution in [0, 0.1) is 5.92 Å². The van der Waals surface area contributed by atoms with E-state index in [-0.39, 0.29) is 30.1 Å². The van der Waals surface area contributed by atoms with Gasteiger partial charge in [-0.3, -0.25) is 4.79 Å². The summed E-state index contributed by atoms with van der Waals surface area (Å²) >= 11 is 0. The van der Waals surface area contributed by atoms with Crippen LogP contribution in [0.3, 0.4) is 0 Å². The Balaban J connectivity index is 2.35. The van der Waals surface area contributed by atoms with Gasteiger partial charge in [0.1, 0.15) is 12.2 Å². The molecule has 3 unspecified atom stereocenters. The van der Waals surface area contributed by atoms with E-state index in [0.717, 1.165) is 31.3 Å². The van der Waals surface area contributed by atoms with Crippen LogP contribution < -0.4 is 0 Å². The first kappa shape index (κ1) is 20.2. The third-order valence-electron chi connectivity index (χ3n) is 5.12. The van der Waals surface area contributed by atoms with Crippen molar-refractivity contribution in [1.29, 1.82) is 0 Å². The fourth-order valence-electron chi connectivity index (χ4n) is 3.49. The van der Waals surface area contributed by atoms with Crippen molar-refractivity contribution >= 4 is 11.9 Å². The van der Waals surface area contributed by atoms with E-state index in [0.29, 0.717) is 12.0 Å². The summed E-state index contributed by atoms with van der Waals surface area (Å²) in [6, 6.07) is 0. The van der Waals surface area contributed by atoms with Crippen molar-refractivity contribution in [2.45, 2.75) is 72.0 Å². The summed E-state index contributed by atoms with van der Waals surface area (Å²) in [5.74, 6) is -0.850. The van der Waals surface area contributed by atoms with Crippen LogP contribution in [0.4, 0.5) is 0 Å². The van der Waals surface area contributed by atoms with Crippen LogP contribution in [0.2, 0.25) is 0 Å². The molecule has 26 heavy (non-hydrogen) atoms. The average molecular weight is 358 g/mol. The van der Waals surface area contributed by atoms with Crippen molar-refractivity contribution in [3.05, 3.63) is 47.1 Å². The highest BCUT2D eigenvalue weighted by molar-refractivity contribution is 5.91. The van der Waals surface area contributed by atoms with Gasteiger partial charge >= 0.3 is 11.9 Å². The number of carbonyl (C=O) groups excluding carboxylic acids is 2. The van der Waals surface area contributed by atoms with Crippen molar-refractivity contribution in [3.63, 3.8) is 0 Å². The third kappa shape index (κ3) is 5.45. The van der Waals surface area contributed by atoms with Crippen molar-refractivity contribution in [1.82, 2.24) is 0 Å². The number of hydrogen-bond donors (Lipinski definition) is 0. The zero-order chi connectivity index (χ0) is 19.3. The molecule has 0 amide bonds. The van der Waals surface area contributed by atoms with Gasteiger partial charge in [-0.2, -0.15) is 0 Å². The second kappa shape index (κ2) is 9.02. The Morgan fingerprint density at radius 3 is 2.50 bits per heavy atom. The molecule has 0 radical (unpaired) electrons. The smallest absolute Gasteiger partial charge is 0.334 e. The molecule has 2 rings (SSSR count). The van der Waals surface area contributed by atoms with Gasteiger partial charge in [-0.05, 0) is 64.5 Å². The first-order valence-electron chi connectivity index (χ1n) is 9.34. The van der Waals surface area contributed by atoms with Gasteiger partial charge in [-0.25, -0.2) is 4.79 Å². The van der Waals surface area contributed by atoms with Crippen LogP contribution in [0.1, 0.15) is 59.8 Å². The normalized spacial score (nSPS) is 28.2. The van der Waals surface area contributed by atoms with E-state index in [1.54, 1.807) is 0 Å². The summed E-state index contributed by atoms with van der Waals surface area (Å²) in [5.41, 5.74) is 4.03. The molecular weight excluding hydrogens is 328 g/mol. The third-order valence-corrected chi connectivity index (χ3v) is 5.12. The van der Waals surface area contributed by atoms with E-state index in [4.69, 9.17) is 9.47 Å². The first-order chi connectivity index (χ1) is 12.3. The molecule has 4 heteroatoms. The molecule has 0 bridgehead atoms. The van der Waals surface area contributed by atoms with Gasteiger partial charge in [0.15, 0.2) is 0 Å². The van der Waals surface area contributed by atoms with E-state index in [1.807, 2.05) is 13.0 Å². The molecule has 1 heterocycles. The van der Waals surface area contributed by atoms with Crippen LogP contribution >= 0.6 is 0 Å². The molecule has 2 aliphatic rings. The number of fused-ring (bicyclic) bond motifs is 1. The summed E-state index contributed by atoms with van der Waals surface area (Å²) in [4.78, 5) is 23.6. The number of esters is 2. The second-order valence-electron chi connectivity index (χ2n) is 7.42. The lowest BCUT2D eigenvalue weighted by Crippen LogP contribution is -2.26. The molecule has 0 aromatic heterocycles. The predicted molar refractivity (Wildman–Crippen MR) is 102 cm³/mol. The number of allylic oxidation sites excluding steroid dienone is 4. The molecule has 1 saturated heterocycles. The highest BCUT2D eigenvalue weighted by Gasteiger charge is 2.39. The van der Waals surface area contributed by atoms with Gasteiger partial charge in [0.05, 0.1) is 0 Å². The monoisotopic (exact) mass is 358 g/mol. The molecule has 4 nitrogen and oxygen atoms in total. The summed E-state index contributed by atoms with van der Waals surface area (Å²) < 4.78 is 11.1. The zero-order valence-corrected chi connectivity index (χ0v) is 16.3. The maximum atomic E-state index is 12.1. The van der Waals surface area contributed by atoms with Gasteiger partial charge in [0, 0.05) is 18.4 Å². The van der Waals surface area contributed by atoms with Crippen LogP contribution in [-0.2, 0) is 19.1 Å². The minimum Gasteiger partial charge on any atom is -0.458 e. The Kier molecular flexibility index (Phi) is 7.01. The Morgan fingerprint density at radius 1 is 1.15 bits per heavy atom. The van der Waals surface area contributed by atoms with Crippen LogP contribution in [0.15, 0.2) is 47.1 Å². The Hall–Kier alpha value is -2.10. The first-order valence-corrected chi connectivity index (χ1v) is 9.34. The molecule has 1 aliphatic heterocycles. The molecule has 0 saturated carbocycles. The number of rotatable bonds is 1. The number of hydrogen-bond acceptors (Lipinski definition) is 4. The lowest BCUT2D eigenvalue weighted by atomic mass is 9.87.